The van der Waals surface area contributed by atoms with E-state index >= 15 is 0 Å². The zero-order valence-electron chi connectivity index (χ0n) is 10.2. The minimum absolute atomic E-state index is 0.100. The molecular weight excluding hydrogens is 250 g/mol. The van der Waals surface area contributed by atoms with Crippen LogP contribution in [0.25, 0.3) is 10.2 Å². The third kappa shape index (κ3) is 2.45. The average Bonchev–Trinajstić information content (AvgIpc) is 2.78. The van der Waals surface area contributed by atoms with E-state index in [-0.39, 0.29) is 6.10 Å². The summed E-state index contributed by atoms with van der Waals surface area (Å²) in [7, 11) is 0. The molecule has 3 rings (SSSR count). The van der Waals surface area contributed by atoms with Gasteiger partial charge >= 0.3 is 0 Å². The molecule has 5 nitrogen and oxygen atoms in total. The molecule has 3 heterocycles. The predicted octanol–water partition coefficient (Wildman–Crippen LogP) is 1.37. The molecule has 2 aromatic heterocycles. The van der Waals surface area contributed by atoms with E-state index in [0.717, 1.165) is 29.9 Å². The monoisotopic (exact) mass is 265 g/mol. The molecule has 0 saturated carbocycles. The molecule has 1 fully saturated rings. The lowest BCUT2D eigenvalue weighted by molar-refractivity contribution is -0.000402. The van der Waals surface area contributed by atoms with Gasteiger partial charge in [0, 0.05) is 18.0 Å². The van der Waals surface area contributed by atoms with Gasteiger partial charge in [0.15, 0.2) is 0 Å². The number of thiophene rings is 1. The number of ether oxygens (including phenoxy) is 2. The summed E-state index contributed by atoms with van der Waals surface area (Å²) in [6, 6.07) is 2.06. The number of nitrogens with one attached hydrogen (secondary N) is 1. The molecule has 96 valence electrons. The van der Waals surface area contributed by atoms with E-state index in [1.807, 2.05) is 0 Å². The van der Waals surface area contributed by atoms with Crippen molar-refractivity contribution in [3.63, 3.8) is 0 Å². The van der Waals surface area contributed by atoms with Crippen LogP contribution in [-0.2, 0) is 4.74 Å². The van der Waals surface area contributed by atoms with Gasteiger partial charge in [0.05, 0.1) is 12.0 Å². The lowest BCUT2D eigenvalue weighted by Crippen LogP contribution is -2.41. The Morgan fingerprint density at radius 3 is 3.33 bits per heavy atom. The Bertz CT molecular complexity index is 537. The van der Waals surface area contributed by atoms with Gasteiger partial charge in [-0.25, -0.2) is 9.97 Å². The maximum atomic E-state index is 5.76. The van der Waals surface area contributed by atoms with E-state index in [4.69, 9.17) is 9.47 Å². The highest BCUT2D eigenvalue weighted by Gasteiger charge is 2.15. The Morgan fingerprint density at radius 2 is 2.50 bits per heavy atom. The molecule has 0 amide bonds. The van der Waals surface area contributed by atoms with E-state index in [1.54, 1.807) is 17.7 Å². The largest absolute Gasteiger partial charge is 0.474 e. The highest BCUT2D eigenvalue weighted by Crippen LogP contribution is 2.28. The summed E-state index contributed by atoms with van der Waals surface area (Å²) in [6.45, 7) is 5.07. The molecular formula is C12H15N3O2S. The molecule has 18 heavy (non-hydrogen) atoms. The number of fused-ring (bicyclic) bond motifs is 1. The molecule has 1 aliphatic heterocycles. The predicted molar refractivity (Wildman–Crippen MR) is 70.3 cm³/mol. The van der Waals surface area contributed by atoms with Crippen molar-refractivity contribution in [3.8, 4) is 5.88 Å². The third-order valence-electron chi connectivity index (χ3n) is 2.83. The molecule has 0 radical (unpaired) electrons. The molecule has 0 aliphatic carbocycles. The van der Waals surface area contributed by atoms with Gasteiger partial charge in [0.2, 0.25) is 5.88 Å². The van der Waals surface area contributed by atoms with Crippen LogP contribution in [0.1, 0.15) is 4.88 Å². The number of morpholine rings is 1. The Balaban J connectivity index is 1.73. The first-order valence-electron chi connectivity index (χ1n) is 5.99. The second kappa shape index (κ2) is 5.17. The number of aryl methyl sites for hydroxylation is 1. The first-order valence-corrected chi connectivity index (χ1v) is 6.81. The SMILES string of the molecule is Cc1cc2c(OCC3CNCCO3)ncnc2s1. The van der Waals surface area contributed by atoms with Crippen molar-refractivity contribution in [2.24, 2.45) is 0 Å². The topological polar surface area (TPSA) is 56.3 Å². The molecule has 2 aromatic rings. The van der Waals surface area contributed by atoms with Crippen LogP contribution in [0.15, 0.2) is 12.4 Å². The van der Waals surface area contributed by atoms with Crippen molar-refractivity contribution in [2.45, 2.75) is 13.0 Å². The summed E-state index contributed by atoms with van der Waals surface area (Å²) in [5.41, 5.74) is 0. The number of rotatable bonds is 3. The molecule has 1 aliphatic rings. The van der Waals surface area contributed by atoms with Crippen LogP contribution in [0.4, 0.5) is 0 Å². The van der Waals surface area contributed by atoms with Crippen molar-refractivity contribution in [2.75, 3.05) is 26.3 Å². The van der Waals surface area contributed by atoms with Crippen molar-refractivity contribution in [1.29, 1.82) is 0 Å². The van der Waals surface area contributed by atoms with E-state index in [0.29, 0.717) is 12.5 Å². The molecule has 0 bridgehead atoms. The standard InChI is InChI=1S/C12H15N3O2S/c1-8-4-10-11(14-7-15-12(10)18-8)17-6-9-5-13-2-3-16-9/h4,7,9,13H,2-3,5-6H2,1H3. The Morgan fingerprint density at radius 1 is 1.56 bits per heavy atom. The van der Waals surface area contributed by atoms with E-state index in [1.165, 1.54) is 4.88 Å². The third-order valence-corrected chi connectivity index (χ3v) is 3.78. The minimum Gasteiger partial charge on any atom is -0.474 e. The van der Waals surface area contributed by atoms with Crippen molar-refractivity contribution >= 4 is 21.6 Å². The van der Waals surface area contributed by atoms with Crippen LogP contribution in [0, 0.1) is 6.92 Å². The number of nitrogens with zero attached hydrogens (tertiary/aromatic N) is 2. The van der Waals surface area contributed by atoms with Crippen molar-refractivity contribution in [3.05, 3.63) is 17.3 Å². The number of hydrogen-bond donors (Lipinski definition) is 1. The smallest absolute Gasteiger partial charge is 0.225 e. The van der Waals surface area contributed by atoms with Crippen LogP contribution in [-0.4, -0.2) is 42.4 Å². The fraction of sp³-hybridized carbons (Fsp3) is 0.500. The van der Waals surface area contributed by atoms with Gasteiger partial charge in [-0.15, -0.1) is 11.3 Å². The molecule has 6 heteroatoms. The number of aromatic nitrogens is 2. The molecule has 1 saturated heterocycles. The quantitative estimate of drug-likeness (QED) is 0.908. The Hall–Kier alpha value is -1.24. The number of hydrogen-bond acceptors (Lipinski definition) is 6. The van der Waals surface area contributed by atoms with Crippen LogP contribution < -0.4 is 10.1 Å². The fourth-order valence-electron chi connectivity index (χ4n) is 1.97. The van der Waals surface area contributed by atoms with Crippen molar-refractivity contribution < 1.29 is 9.47 Å². The van der Waals surface area contributed by atoms with E-state index in [9.17, 15) is 0 Å². The van der Waals surface area contributed by atoms with Gasteiger partial charge < -0.3 is 14.8 Å². The van der Waals surface area contributed by atoms with E-state index < -0.39 is 0 Å². The second-order valence-corrected chi connectivity index (χ2v) is 5.50. The highest BCUT2D eigenvalue weighted by atomic mass is 32.1. The van der Waals surface area contributed by atoms with Crippen LogP contribution in [0.2, 0.25) is 0 Å². The summed E-state index contributed by atoms with van der Waals surface area (Å²) in [5, 5.41) is 4.27. The van der Waals surface area contributed by atoms with Gasteiger partial charge in [0.25, 0.3) is 0 Å². The van der Waals surface area contributed by atoms with Crippen LogP contribution in [0.5, 0.6) is 5.88 Å². The van der Waals surface area contributed by atoms with Gasteiger partial charge in [-0.2, -0.15) is 0 Å². The fourth-order valence-corrected chi connectivity index (χ4v) is 2.81. The molecule has 1 atom stereocenters. The van der Waals surface area contributed by atoms with E-state index in [2.05, 4.69) is 28.3 Å². The summed E-state index contributed by atoms with van der Waals surface area (Å²) < 4.78 is 11.4. The lowest BCUT2D eigenvalue weighted by atomic mass is 10.3. The highest BCUT2D eigenvalue weighted by molar-refractivity contribution is 7.18. The summed E-state index contributed by atoms with van der Waals surface area (Å²) in [5.74, 6) is 0.651. The van der Waals surface area contributed by atoms with Crippen LogP contribution >= 0.6 is 11.3 Å². The minimum atomic E-state index is 0.100. The lowest BCUT2D eigenvalue weighted by Gasteiger charge is -2.23. The second-order valence-electron chi connectivity index (χ2n) is 4.26. The maximum absolute atomic E-state index is 5.76. The summed E-state index contributed by atoms with van der Waals surface area (Å²) in [6.07, 6.45) is 1.65. The average molecular weight is 265 g/mol. The summed E-state index contributed by atoms with van der Waals surface area (Å²) in [4.78, 5) is 10.6. The molecule has 1 N–H and O–H groups in total. The summed E-state index contributed by atoms with van der Waals surface area (Å²) >= 11 is 1.65. The Labute approximate surface area is 109 Å². The van der Waals surface area contributed by atoms with Gasteiger partial charge in [-0.3, -0.25) is 0 Å². The normalized spacial score (nSPS) is 20.2. The van der Waals surface area contributed by atoms with Gasteiger partial charge in [0.1, 0.15) is 23.9 Å². The van der Waals surface area contributed by atoms with Gasteiger partial charge in [-0.1, -0.05) is 0 Å². The van der Waals surface area contributed by atoms with Gasteiger partial charge in [-0.05, 0) is 13.0 Å². The van der Waals surface area contributed by atoms with Crippen molar-refractivity contribution in [1.82, 2.24) is 15.3 Å². The first kappa shape index (κ1) is 11.8. The zero-order valence-corrected chi connectivity index (χ0v) is 11.0. The maximum Gasteiger partial charge on any atom is 0.225 e. The Kier molecular flexibility index (Phi) is 3.40. The zero-order chi connectivity index (χ0) is 12.4. The van der Waals surface area contributed by atoms with Crippen LogP contribution in [0.3, 0.4) is 0 Å². The molecule has 1 unspecified atom stereocenters. The molecule has 0 aromatic carbocycles. The first-order chi connectivity index (χ1) is 8.83. The molecule has 0 spiro atoms.